The Bertz CT molecular complexity index is 1210. The summed E-state index contributed by atoms with van der Waals surface area (Å²) in [4.78, 5) is 13.1. The first kappa shape index (κ1) is 28.7. The first-order valence-electron chi connectivity index (χ1n) is 12.5. The molecule has 1 heterocycles. The van der Waals surface area contributed by atoms with E-state index in [1.807, 2.05) is 24.3 Å². The van der Waals surface area contributed by atoms with E-state index in [0.717, 1.165) is 41.5 Å². The molecule has 0 spiro atoms. The molecule has 0 amide bonds. The minimum atomic E-state index is 0.0595. The van der Waals surface area contributed by atoms with E-state index >= 15 is 0 Å². The monoisotopic (exact) mass is 498 g/mol. The van der Waals surface area contributed by atoms with Crippen molar-refractivity contribution in [3.8, 4) is 18.2 Å². The van der Waals surface area contributed by atoms with Crippen molar-refractivity contribution in [1.29, 1.82) is 15.8 Å². The van der Waals surface area contributed by atoms with Gasteiger partial charge in [0.25, 0.3) is 0 Å². The van der Waals surface area contributed by atoms with E-state index in [9.17, 15) is 10.1 Å². The summed E-state index contributed by atoms with van der Waals surface area (Å²) >= 11 is 1.43. The molecule has 0 aromatic heterocycles. The van der Waals surface area contributed by atoms with Crippen LogP contribution in [0, 0.1) is 34.0 Å². The van der Waals surface area contributed by atoms with Crippen molar-refractivity contribution in [3.63, 3.8) is 0 Å². The number of nitriles is 3. The Balaban J connectivity index is 1.81. The summed E-state index contributed by atoms with van der Waals surface area (Å²) in [5, 5.41) is 29.2. The normalized spacial score (nSPS) is 13.5. The molecule has 0 saturated heterocycles. The number of allylic oxidation sites excluding steroid dienone is 4. The van der Waals surface area contributed by atoms with E-state index in [1.165, 1.54) is 50.3 Å². The summed E-state index contributed by atoms with van der Waals surface area (Å²) < 4.78 is 0. The standard InChI is InChI=1S/C30H34N4OS/c1-24-23-34(16-9-7-5-3-4-6-8-10-18-36-25(2)35)17-15-28(24)19-29(20-31)26-11-13-27(14-12-26)30(21-32)22-33/h11-15,17,19,23H,3-10,16,18H2,1-2H3/b28-19-. The highest BCUT2D eigenvalue weighted by atomic mass is 32.2. The maximum absolute atomic E-state index is 10.9. The topological polar surface area (TPSA) is 91.7 Å². The fourth-order valence-electron chi connectivity index (χ4n) is 3.95. The van der Waals surface area contributed by atoms with Gasteiger partial charge in [-0.25, -0.2) is 0 Å². The minimum absolute atomic E-state index is 0.0595. The van der Waals surface area contributed by atoms with Crippen LogP contribution in [0.5, 0.6) is 0 Å². The quantitative estimate of drug-likeness (QED) is 0.347. The summed E-state index contributed by atoms with van der Waals surface area (Å²) in [6.45, 7) is 4.67. The average Bonchev–Trinajstić information content (AvgIpc) is 2.88. The van der Waals surface area contributed by atoms with Gasteiger partial charge < -0.3 is 4.90 Å². The van der Waals surface area contributed by atoms with Gasteiger partial charge in [0.1, 0.15) is 17.7 Å². The van der Waals surface area contributed by atoms with Gasteiger partial charge in [-0.1, -0.05) is 74.6 Å². The van der Waals surface area contributed by atoms with Crippen LogP contribution in [0.1, 0.15) is 65.2 Å². The molecule has 0 N–H and O–H groups in total. The van der Waals surface area contributed by atoms with Crippen LogP contribution >= 0.6 is 11.8 Å². The maximum Gasteiger partial charge on any atom is 0.185 e. The van der Waals surface area contributed by atoms with Crippen molar-refractivity contribution in [3.05, 3.63) is 70.4 Å². The number of hydrogen-bond acceptors (Lipinski definition) is 6. The third-order valence-corrected chi connectivity index (χ3v) is 6.90. The van der Waals surface area contributed by atoms with E-state index in [4.69, 9.17) is 10.5 Å². The smallest absolute Gasteiger partial charge is 0.185 e. The molecule has 0 fully saturated rings. The van der Waals surface area contributed by atoms with Gasteiger partial charge in [-0.05, 0) is 48.3 Å². The highest BCUT2D eigenvalue weighted by Gasteiger charge is 2.08. The van der Waals surface area contributed by atoms with E-state index in [2.05, 4.69) is 30.3 Å². The summed E-state index contributed by atoms with van der Waals surface area (Å²) in [7, 11) is 0. The molecular weight excluding hydrogens is 464 g/mol. The van der Waals surface area contributed by atoms with Crippen LogP contribution in [0.2, 0.25) is 0 Å². The van der Waals surface area contributed by atoms with Crippen LogP contribution in [0.15, 0.2) is 60.0 Å². The number of nitrogens with zero attached hydrogens (tertiary/aromatic N) is 4. The Labute approximate surface area is 219 Å². The van der Waals surface area contributed by atoms with E-state index in [0.29, 0.717) is 10.8 Å². The van der Waals surface area contributed by atoms with Gasteiger partial charge in [0.15, 0.2) is 5.12 Å². The van der Waals surface area contributed by atoms with Gasteiger partial charge in [0.2, 0.25) is 0 Å². The molecule has 1 aromatic carbocycles. The average molecular weight is 499 g/mol. The summed E-state index contributed by atoms with van der Waals surface area (Å²) in [6, 6.07) is 13.0. The lowest BCUT2D eigenvalue weighted by molar-refractivity contribution is -0.109. The van der Waals surface area contributed by atoms with Gasteiger partial charge >= 0.3 is 0 Å². The first-order chi connectivity index (χ1) is 17.5. The zero-order valence-electron chi connectivity index (χ0n) is 21.3. The zero-order valence-corrected chi connectivity index (χ0v) is 22.1. The van der Waals surface area contributed by atoms with Gasteiger partial charge in [-0.2, -0.15) is 15.8 Å². The molecule has 0 unspecified atom stereocenters. The van der Waals surface area contributed by atoms with Crippen molar-refractivity contribution < 1.29 is 4.79 Å². The van der Waals surface area contributed by atoms with Crippen molar-refractivity contribution in [2.75, 3.05) is 12.3 Å². The summed E-state index contributed by atoms with van der Waals surface area (Å²) in [5.41, 5.74) is 2.70. The molecule has 0 aliphatic carbocycles. The van der Waals surface area contributed by atoms with Crippen LogP contribution in [-0.2, 0) is 4.79 Å². The molecule has 36 heavy (non-hydrogen) atoms. The lowest BCUT2D eigenvalue weighted by Crippen LogP contribution is -2.15. The lowest BCUT2D eigenvalue weighted by atomic mass is 10.0. The molecule has 0 saturated carbocycles. The van der Waals surface area contributed by atoms with Crippen LogP contribution in [0.3, 0.4) is 0 Å². The Morgan fingerprint density at radius 3 is 2.03 bits per heavy atom. The molecule has 5 nitrogen and oxygen atoms in total. The zero-order chi connectivity index (χ0) is 26.2. The molecule has 186 valence electrons. The predicted molar refractivity (Wildman–Crippen MR) is 147 cm³/mol. The molecular formula is C30H34N4OS. The maximum atomic E-state index is 10.9. The van der Waals surface area contributed by atoms with Crippen LogP contribution in [0.4, 0.5) is 0 Å². The number of thioether (sulfide) groups is 1. The predicted octanol–water partition coefficient (Wildman–Crippen LogP) is 5.62. The Morgan fingerprint density at radius 2 is 1.47 bits per heavy atom. The van der Waals surface area contributed by atoms with Gasteiger partial charge in [0.05, 0.1) is 11.6 Å². The minimum Gasteiger partial charge on any atom is -0.354 e. The number of carbonyl (C=O) groups is 1. The molecule has 1 aliphatic rings. The Kier molecular flexibility index (Phi) is 12.9. The highest BCUT2D eigenvalue weighted by Crippen LogP contribution is 2.20. The Morgan fingerprint density at radius 1 is 0.889 bits per heavy atom. The molecule has 1 aliphatic heterocycles. The molecule has 0 radical (unpaired) electrons. The second-order valence-corrected chi connectivity index (χ2v) is 10.1. The van der Waals surface area contributed by atoms with Gasteiger partial charge in [-0.15, -0.1) is 0 Å². The number of rotatable bonds is 12. The lowest BCUT2D eigenvalue weighted by Gasteiger charge is -2.21. The second kappa shape index (κ2) is 16.2. The van der Waals surface area contributed by atoms with E-state index in [-0.39, 0.29) is 10.7 Å². The molecule has 2 rings (SSSR count). The van der Waals surface area contributed by atoms with E-state index in [1.54, 1.807) is 31.2 Å². The van der Waals surface area contributed by atoms with Gasteiger partial charge in [-0.3, -0.25) is 4.79 Å². The number of unbranched alkanes of at least 4 members (excludes halogenated alkanes) is 7. The Hall–Kier alpha value is -3.53. The number of carbonyl (C=O) groups excluding carboxylic acids is 1. The molecule has 0 atom stereocenters. The second-order valence-electron chi connectivity index (χ2n) is 8.84. The molecule has 6 heteroatoms. The first-order valence-corrected chi connectivity index (χ1v) is 13.5. The SMILES string of the molecule is CC(=O)SCCCCCCCCCCN1C=C/C(=C/C(C#N)=c2ccc(=C(C#N)C#N)cc2)C(C)=C1. The van der Waals surface area contributed by atoms with Crippen molar-refractivity contribution >= 4 is 28.0 Å². The van der Waals surface area contributed by atoms with Crippen molar-refractivity contribution in [1.82, 2.24) is 4.90 Å². The van der Waals surface area contributed by atoms with Crippen LogP contribution in [-0.4, -0.2) is 22.3 Å². The number of benzene rings is 1. The third kappa shape index (κ3) is 9.99. The highest BCUT2D eigenvalue weighted by molar-refractivity contribution is 8.13. The van der Waals surface area contributed by atoms with Crippen molar-refractivity contribution in [2.45, 2.75) is 65.2 Å². The number of hydrogen-bond donors (Lipinski definition) is 0. The summed E-state index contributed by atoms with van der Waals surface area (Å²) in [5.74, 6) is 0.956. The molecule has 0 bridgehead atoms. The fraction of sp³-hybridized carbons (Fsp3) is 0.400. The van der Waals surface area contributed by atoms with Crippen LogP contribution < -0.4 is 10.4 Å². The van der Waals surface area contributed by atoms with Gasteiger partial charge in [0, 0.05) is 36.8 Å². The molecule has 1 aromatic rings. The van der Waals surface area contributed by atoms with E-state index < -0.39 is 0 Å². The fourth-order valence-corrected chi connectivity index (χ4v) is 4.59. The van der Waals surface area contributed by atoms with Crippen molar-refractivity contribution in [2.24, 2.45) is 0 Å². The largest absolute Gasteiger partial charge is 0.354 e. The van der Waals surface area contributed by atoms with Crippen LogP contribution in [0.25, 0.3) is 11.1 Å². The third-order valence-electron chi connectivity index (χ3n) is 6.00. The summed E-state index contributed by atoms with van der Waals surface area (Å²) in [6.07, 6.45) is 17.9.